The third-order valence-corrected chi connectivity index (χ3v) is 9.66. The number of hydrogen-bond acceptors (Lipinski definition) is 0. The van der Waals surface area contributed by atoms with E-state index in [2.05, 4.69) is 131 Å². The van der Waals surface area contributed by atoms with Gasteiger partial charge in [0, 0.05) is 0 Å². The van der Waals surface area contributed by atoms with Crippen LogP contribution in [0, 0.1) is 0 Å². The second-order valence-corrected chi connectivity index (χ2v) is 11.7. The van der Waals surface area contributed by atoms with Gasteiger partial charge in [0.05, 0.1) is 0 Å². The van der Waals surface area contributed by atoms with E-state index in [1.807, 2.05) is 0 Å². The Morgan fingerprint density at radius 1 is 0.714 bits per heavy atom. The van der Waals surface area contributed by atoms with E-state index in [0.29, 0.717) is 0 Å². The van der Waals surface area contributed by atoms with Gasteiger partial charge in [0.1, 0.15) is 0 Å². The molecule has 214 valence electrons. The minimum atomic E-state index is 0. The van der Waals surface area contributed by atoms with Gasteiger partial charge in [0.2, 0.25) is 0 Å². The summed E-state index contributed by atoms with van der Waals surface area (Å²) in [6, 6.07) is 30.7. The van der Waals surface area contributed by atoms with Crippen molar-refractivity contribution in [3.8, 4) is 0 Å². The van der Waals surface area contributed by atoms with Crippen LogP contribution in [0.1, 0.15) is 73.1 Å². The Morgan fingerprint density at radius 3 is 1.81 bits per heavy atom. The summed E-state index contributed by atoms with van der Waals surface area (Å²) < 4.78 is 1.42. The van der Waals surface area contributed by atoms with Crippen LogP contribution in [0.2, 0.25) is 0 Å². The Bertz CT molecular complexity index is 1660. The monoisotopic (exact) mass is 667 g/mol. The van der Waals surface area contributed by atoms with E-state index >= 15 is 0 Å². The fourth-order valence-corrected chi connectivity index (χ4v) is 7.12. The third kappa shape index (κ3) is 6.86. The van der Waals surface area contributed by atoms with Crippen molar-refractivity contribution in [3.05, 3.63) is 142 Å². The zero-order chi connectivity index (χ0) is 28.1. The molecule has 0 nitrogen and oxygen atoms in total. The topological polar surface area (TPSA) is 0 Å². The molecule has 0 radical (unpaired) electrons. The van der Waals surface area contributed by atoms with Gasteiger partial charge in [-0.15, -0.1) is 33.7 Å². The van der Waals surface area contributed by atoms with Crippen LogP contribution in [0.15, 0.2) is 103 Å². The van der Waals surface area contributed by atoms with E-state index in [4.69, 9.17) is 0 Å². The maximum absolute atomic E-state index is 2.47. The molecule has 0 N–H and O–H groups in total. The van der Waals surface area contributed by atoms with Gasteiger partial charge in [-0.25, -0.2) is 0 Å². The SMILES string of the molecule is CCc1ccc2c(c1)[cH-]c1c(C3=CC=CC3)c(CC)c(CC)c(CC)c12.[Cl-].[Cl-].[Zr+2]=[C](c1ccccc1)c1ccccc1. The van der Waals surface area contributed by atoms with Gasteiger partial charge >= 0.3 is 99.2 Å². The Labute approximate surface area is 279 Å². The summed E-state index contributed by atoms with van der Waals surface area (Å²) in [5.74, 6) is 0. The summed E-state index contributed by atoms with van der Waals surface area (Å²) in [5, 5.41) is 5.85. The molecule has 0 fully saturated rings. The van der Waals surface area contributed by atoms with E-state index in [9.17, 15) is 0 Å². The van der Waals surface area contributed by atoms with Gasteiger partial charge in [-0.3, -0.25) is 0 Å². The molecule has 0 aromatic heterocycles. The number of halogens is 2. The Morgan fingerprint density at radius 2 is 1.31 bits per heavy atom. The molecule has 0 atom stereocenters. The fourth-order valence-electron chi connectivity index (χ4n) is 6.30. The molecule has 0 heterocycles. The summed E-state index contributed by atoms with van der Waals surface area (Å²) in [5.41, 5.74) is 11.9. The second-order valence-electron chi connectivity index (χ2n) is 10.5. The fraction of sp³-hybridized carbons (Fsp3) is 0.231. The molecule has 0 saturated heterocycles. The van der Waals surface area contributed by atoms with Gasteiger partial charge in [-0.2, -0.15) is 0 Å². The van der Waals surface area contributed by atoms with Gasteiger partial charge < -0.3 is 24.8 Å². The van der Waals surface area contributed by atoms with Crippen molar-refractivity contribution in [2.24, 2.45) is 0 Å². The van der Waals surface area contributed by atoms with Crippen molar-refractivity contribution < 1.29 is 49.0 Å². The van der Waals surface area contributed by atoms with Gasteiger partial charge in [0.25, 0.3) is 0 Å². The number of hydrogen-bond donors (Lipinski definition) is 0. The summed E-state index contributed by atoms with van der Waals surface area (Å²) in [6.45, 7) is 9.21. The number of benzene rings is 4. The molecule has 3 heteroatoms. The van der Waals surface area contributed by atoms with E-state index < -0.39 is 0 Å². The van der Waals surface area contributed by atoms with Crippen LogP contribution in [-0.2, 0) is 49.9 Å². The van der Waals surface area contributed by atoms with E-state index in [-0.39, 0.29) is 24.8 Å². The zero-order valence-electron chi connectivity index (χ0n) is 25.1. The predicted octanol–water partition coefficient (Wildman–Crippen LogP) is 4.12. The van der Waals surface area contributed by atoms with Crippen LogP contribution in [0.25, 0.3) is 27.1 Å². The van der Waals surface area contributed by atoms with Crippen LogP contribution in [0.4, 0.5) is 0 Å². The van der Waals surface area contributed by atoms with Crippen molar-refractivity contribution in [2.45, 2.75) is 59.8 Å². The van der Waals surface area contributed by atoms with Crippen molar-refractivity contribution in [1.82, 2.24) is 0 Å². The Kier molecular flexibility index (Phi) is 12.9. The number of fused-ring (bicyclic) bond motifs is 3. The first-order valence-corrected chi connectivity index (χ1v) is 16.1. The molecule has 1 aliphatic carbocycles. The molecule has 6 rings (SSSR count). The van der Waals surface area contributed by atoms with E-state index in [1.54, 1.807) is 16.7 Å². The average Bonchev–Trinajstić information content (AvgIpc) is 3.68. The van der Waals surface area contributed by atoms with Crippen LogP contribution < -0.4 is 24.8 Å². The maximum atomic E-state index is 2.47. The molecular weight excluding hydrogens is 631 g/mol. The molecule has 0 amide bonds. The van der Waals surface area contributed by atoms with Crippen molar-refractivity contribution >= 4 is 30.3 Å². The summed E-state index contributed by atoms with van der Waals surface area (Å²) in [6.07, 6.45) is 12.3. The number of aryl methyl sites for hydroxylation is 2. The average molecular weight is 670 g/mol. The van der Waals surface area contributed by atoms with E-state index in [0.717, 1.165) is 32.1 Å². The van der Waals surface area contributed by atoms with Crippen LogP contribution in [0.3, 0.4) is 0 Å². The summed E-state index contributed by atoms with van der Waals surface area (Å²) in [4.78, 5) is 0. The Hall–Kier alpha value is -2.44. The molecule has 42 heavy (non-hydrogen) atoms. The van der Waals surface area contributed by atoms with Gasteiger partial charge in [0.15, 0.2) is 0 Å². The molecule has 1 aliphatic rings. The van der Waals surface area contributed by atoms with Crippen LogP contribution >= 0.6 is 0 Å². The molecule has 5 aromatic carbocycles. The molecule has 0 saturated carbocycles. The van der Waals surface area contributed by atoms with Crippen molar-refractivity contribution in [3.63, 3.8) is 0 Å². The Balaban J connectivity index is 0.000000258. The molecule has 0 aliphatic heterocycles. The van der Waals surface area contributed by atoms with Gasteiger partial charge in [-0.05, 0) is 32.1 Å². The quantitative estimate of drug-likeness (QED) is 0.229. The number of allylic oxidation sites excluding steroid dienone is 4. The second kappa shape index (κ2) is 15.9. The van der Waals surface area contributed by atoms with Crippen molar-refractivity contribution in [1.29, 1.82) is 0 Å². The first kappa shape index (κ1) is 34.1. The predicted molar refractivity (Wildman–Crippen MR) is 172 cm³/mol. The summed E-state index contributed by atoms with van der Waals surface area (Å²) >= 11 is 1.46. The zero-order valence-corrected chi connectivity index (χ0v) is 29.1. The molecule has 5 aromatic rings. The molecule has 0 spiro atoms. The summed E-state index contributed by atoms with van der Waals surface area (Å²) in [7, 11) is 0. The molecular formula is C39H39Cl2Zr-. The van der Waals surface area contributed by atoms with Crippen LogP contribution in [0.5, 0.6) is 0 Å². The number of rotatable bonds is 7. The molecule has 0 unspecified atom stereocenters. The third-order valence-electron chi connectivity index (χ3n) is 8.24. The van der Waals surface area contributed by atoms with Crippen LogP contribution in [-0.4, -0.2) is 3.21 Å². The van der Waals surface area contributed by atoms with E-state index in [1.165, 1.54) is 76.8 Å². The minimum absolute atomic E-state index is 0. The van der Waals surface area contributed by atoms with Crippen molar-refractivity contribution in [2.75, 3.05) is 0 Å². The normalized spacial score (nSPS) is 11.9. The first-order chi connectivity index (χ1) is 19.6. The first-order valence-electron chi connectivity index (χ1n) is 14.8. The van der Waals surface area contributed by atoms with Gasteiger partial charge in [-0.1, -0.05) is 91.4 Å². The standard InChI is InChI=1S/C26H29.C13H10.2ClH.Zr/c1-5-17-13-14-23-19(15-17)16-24-25(18-11-9-10-12-18)21(7-3)20(6-2)22(8-4)26(23)24;1-3-7-12(8-4-1)11-13-9-5-2-6-10-13;;;/h9-11,13-16H,5-8,12H2,1-4H3;1-10H;2*1H;/q-1;;;;+2/p-2. The molecule has 0 bridgehead atoms.